The highest BCUT2D eigenvalue weighted by molar-refractivity contribution is 5.85. The fourth-order valence-electron chi connectivity index (χ4n) is 4.25. The highest BCUT2D eigenvalue weighted by Crippen LogP contribution is 2.32. The Hall–Kier alpha value is -3.01. The van der Waals surface area contributed by atoms with Crippen molar-refractivity contribution in [3.63, 3.8) is 0 Å². The summed E-state index contributed by atoms with van der Waals surface area (Å²) in [6.45, 7) is 6.52. The molecule has 3 aromatic rings. The number of benzene rings is 1. The molecule has 1 fully saturated rings. The Balaban J connectivity index is 1.47. The molecule has 0 aliphatic carbocycles. The second-order valence-corrected chi connectivity index (χ2v) is 8.33. The maximum absolute atomic E-state index is 13.5. The number of alkyl halides is 4. The topological polar surface area (TPSA) is 54.3 Å². The molecule has 176 valence electrons. The normalized spacial score (nSPS) is 15.2. The van der Waals surface area contributed by atoms with Gasteiger partial charge in [0.1, 0.15) is 12.2 Å². The van der Waals surface area contributed by atoms with Crippen LogP contribution in [0.25, 0.3) is 11.0 Å². The van der Waals surface area contributed by atoms with Crippen LogP contribution in [0.3, 0.4) is 0 Å². The van der Waals surface area contributed by atoms with Gasteiger partial charge >= 0.3 is 0 Å². The Morgan fingerprint density at radius 1 is 1.03 bits per heavy atom. The molecule has 1 aliphatic heterocycles. The van der Waals surface area contributed by atoms with Gasteiger partial charge in [0.25, 0.3) is 12.9 Å². The van der Waals surface area contributed by atoms with Crippen molar-refractivity contribution in [1.29, 1.82) is 0 Å². The van der Waals surface area contributed by atoms with E-state index in [4.69, 9.17) is 0 Å². The average molecular weight is 463 g/mol. The van der Waals surface area contributed by atoms with Crippen molar-refractivity contribution in [2.24, 2.45) is 0 Å². The first-order valence-corrected chi connectivity index (χ1v) is 10.7. The lowest BCUT2D eigenvalue weighted by Gasteiger charge is -2.34. The van der Waals surface area contributed by atoms with Crippen LogP contribution < -0.4 is 0 Å². The molecule has 0 bridgehead atoms. The summed E-state index contributed by atoms with van der Waals surface area (Å²) in [6, 6.07) is 8.99. The van der Waals surface area contributed by atoms with E-state index in [2.05, 4.69) is 27.1 Å². The van der Waals surface area contributed by atoms with Gasteiger partial charge in [-0.15, -0.1) is 0 Å². The molecule has 0 spiro atoms. The molecule has 4 rings (SSSR count). The molecule has 1 saturated heterocycles. The first kappa shape index (κ1) is 23.2. The number of rotatable bonds is 6. The molecule has 0 radical (unpaired) electrons. The largest absolute Gasteiger partial charge is 0.339 e. The van der Waals surface area contributed by atoms with Crippen LogP contribution >= 0.6 is 0 Å². The number of hydrogen-bond donors (Lipinski definition) is 0. The van der Waals surface area contributed by atoms with Crippen LogP contribution in [-0.2, 0) is 17.9 Å². The number of piperazine rings is 1. The maximum Gasteiger partial charge on any atom is 0.280 e. The number of aromatic nitrogens is 3. The Morgan fingerprint density at radius 3 is 2.39 bits per heavy atom. The summed E-state index contributed by atoms with van der Waals surface area (Å²) in [7, 11) is 0. The number of carbonyl (C=O) groups excluding carboxylic acids is 1. The zero-order valence-electron chi connectivity index (χ0n) is 18.4. The third-order valence-electron chi connectivity index (χ3n) is 5.89. The van der Waals surface area contributed by atoms with E-state index in [0.29, 0.717) is 32.2 Å². The number of carbonyl (C=O) groups is 1. The Bertz CT molecular complexity index is 1160. The molecule has 0 unspecified atom stereocenters. The molecular weight excluding hydrogens is 438 g/mol. The number of hydrogen-bond acceptors (Lipinski definition) is 4. The van der Waals surface area contributed by atoms with Gasteiger partial charge in [-0.3, -0.25) is 9.69 Å². The molecule has 1 amide bonds. The maximum atomic E-state index is 13.5. The van der Waals surface area contributed by atoms with Crippen molar-refractivity contribution in [2.45, 2.75) is 39.8 Å². The SMILES string of the molecule is Cc1cccc(CN2CCN(C(=O)Cn3nc(C)c4c(C(F)F)cc(C(F)F)nc43)CC2)c1. The van der Waals surface area contributed by atoms with Crippen molar-refractivity contribution in [3.8, 4) is 0 Å². The second-order valence-electron chi connectivity index (χ2n) is 8.33. The zero-order chi connectivity index (χ0) is 23.7. The van der Waals surface area contributed by atoms with Crippen LogP contribution in [0.1, 0.15) is 40.9 Å². The zero-order valence-corrected chi connectivity index (χ0v) is 18.4. The third-order valence-corrected chi connectivity index (χ3v) is 5.89. The lowest BCUT2D eigenvalue weighted by atomic mass is 10.1. The van der Waals surface area contributed by atoms with Crippen LogP contribution in [0.5, 0.6) is 0 Å². The van der Waals surface area contributed by atoms with Crippen molar-refractivity contribution in [3.05, 3.63) is 58.4 Å². The Morgan fingerprint density at radius 2 is 1.76 bits per heavy atom. The van der Waals surface area contributed by atoms with Gasteiger partial charge in [-0.05, 0) is 25.5 Å². The summed E-state index contributed by atoms with van der Waals surface area (Å²) in [6.07, 6.45) is -5.96. The van der Waals surface area contributed by atoms with Crippen LogP contribution in [0.15, 0.2) is 30.3 Å². The minimum absolute atomic E-state index is 0.0187. The summed E-state index contributed by atoms with van der Waals surface area (Å²) in [4.78, 5) is 20.7. The van der Waals surface area contributed by atoms with Gasteiger partial charge in [0.2, 0.25) is 5.91 Å². The lowest BCUT2D eigenvalue weighted by molar-refractivity contribution is -0.133. The van der Waals surface area contributed by atoms with Crippen LogP contribution in [-0.4, -0.2) is 56.7 Å². The van der Waals surface area contributed by atoms with E-state index in [1.807, 2.05) is 19.1 Å². The molecule has 2 aromatic heterocycles. The smallest absolute Gasteiger partial charge is 0.280 e. The molecule has 1 aliphatic rings. The van der Waals surface area contributed by atoms with Gasteiger partial charge in [-0.25, -0.2) is 27.2 Å². The molecule has 0 N–H and O–H groups in total. The summed E-state index contributed by atoms with van der Waals surface area (Å²) in [5, 5.41) is 4.18. The lowest BCUT2D eigenvalue weighted by Crippen LogP contribution is -2.49. The molecule has 10 heteroatoms. The van der Waals surface area contributed by atoms with Crippen molar-refractivity contribution >= 4 is 16.9 Å². The summed E-state index contributed by atoms with van der Waals surface area (Å²) in [5.74, 6) is -0.252. The predicted octanol–water partition coefficient (Wildman–Crippen LogP) is 4.27. The minimum Gasteiger partial charge on any atom is -0.339 e. The monoisotopic (exact) mass is 463 g/mol. The Kier molecular flexibility index (Phi) is 6.64. The quantitative estimate of drug-likeness (QED) is 0.513. The van der Waals surface area contributed by atoms with Crippen molar-refractivity contribution in [1.82, 2.24) is 24.6 Å². The number of aryl methyl sites for hydroxylation is 2. The van der Waals surface area contributed by atoms with Crippen molar-refractivity contribution in [2.75, 3.05) is 26.2 Å². The highest BCUT2D eigenvalue weighted by Gasteiger charge is 2.26. The summed E-state index contributed by atoms with van der Waals surface area (Å²) in [5.41, 5.74) is 1.22. The fraction of sp³-hybridized carbons (Fsp3) is 0.435. The van der Waals surface area contributed by atoms with E-state index in [9.17, 15) is 22.4 Å². The standard InChI is InChI=1S/C23H25F4N5O/c1-14-4-3-5-16(10-14)12-30-6-8-31(9-7-30)19(33)13-32-23-20(15(2)29-32)17(21(24)25)11-18(28-23)22(26)27/h3-5,10-11,21-22H,6-9,12-13H2,1-2H3. The first-order valence-electron chi connectivity index (χ1n) is 10.7. The average Bonchev–Trinajstić information content (AvgIpc) is 3.08. The number of halogens is 4. The van der Waals surface area contributed by atoms with E-state index in [1.165, 1.54) is 18.1 Å². The highest BCUT2D eigenvalue weighted by atomic mass is 19.3. The first-order chi connectivity index (χ1) is 15.7. The molecule has 3 heterocycles. The van der Waals surface area contributed by atoms with Crippen LogP contribution in [0, 0.1) is 13.8 Å². The fourth-order valence-corrected chi connectivity index (χ4v) is 4.25. The molecule has 0 atom stereocenters. The minimum atomic E-state index is -3.01. The molecule has 0 saturated carbocycles. The molecular formula is C23H25F4N5O. The van der Waals surface area contributed by atoms with Crippen LogP contribution in [0.2, 0.25) is 0 Å². The van der Waals surface area contributed by atoms with Crippen LogP contribution in [0.4, 0.5) is 17.6 Å². The van der Waals surface area contributed by atoms with Gasteiger partial charge in [0.15, 0.2) is 5.65 Å². The molecule has 6 nitrogen and oxygen atoms in total. The molecule has 1 aromatic carbocycles. The molecule has 33 heavy (non-hydrogen) atoms. The third kappa shape index (κ3) is 5.00. The van der Waals surface area contributed by atoms with E-state index in [1.54, 1.807) is 4.90 Å². The van der Waals surface area contributed by atoms with Gasteiger partial charge in [-0.1, -0.05) is 29.8 Å². The summed E-state index contributed by atoms with van der Waals surface area (Å²) >= 11 is 0. The van der Waals surface area contributed by atoms with E-state index in [-0.39, 0.29) is 29.2 Å². The van der Waals surface area contributed by atoms with Gasteiger partial charge in [-0.2, -0.15) is 5.10 Å². The van der Waals surface area contributed by atoms with Gasteiger partial charge in [0, 0.05) is 38.3 Å². The number of pyridine rings is 1. The van der Waals surface area contributed by atoms with Gasteiger partial charge in [0.05, 0.1) is 11.1 Å². The second kappa shape index (κ2) is 9.46. The van der Waals surface area contributed by atoms with E-state index in [0.717, 1.165) is 11.2 Å². The number of amides is 1. The number of fused-ring (bicyclic) bond motifs is 1. The predicted molar refractivity (Wildman–Crippen MR) is 115 cm³/mol. The Labute approximate surface area is 188 Å². The van der Waals surface area contributed by atoms with E-state index >= 15 is 0 Å². The van der Waals surface area contributed by atoms with Crippen molar-refractivity contribution < 1.29 is 22.4 Å². The van der Waals surface area contributed by atoms with E-state index < -0.39 is 24.1 Å². The summed E-state index contributed by atoms with van der Waals surface area (Å²) < 4.78 is 54.6. The van der Waals surface area contributed by atoms with Gasteiger partial charge < -0.3 is 4.90 Å². The number of nitrogens with zero attached hydrogens (tertiary/aromatic N) is 5.